The van der Waals surface area contributed by atoms with Gasteiger partial charge >= 0.3 is 5.97 Å². The number of hydrogen-bond acceptors (Lipinski definition) is 6. The number of nitrogens with zero attached hydrogens (tertiary/aromatic N) is 2. The first-order chi connectivity index (χ1) is 15.0. The Labute approximate surface area is 186 Å². The highest BCUT2D eigenvalue weighted by Gasteiger charge is 2.20. The van der Waals surface area contributed by atoms with E-state index in [1.807, 2.05) is 36.6 Å². The summed E-state index contributed by atoms with van der Waals surface area (Å²) in [5.41, 5.74) is 1.82. The molecular formula is C21H19ClFN5O2S. The summed E-state index contributed by atoms with van der Waals surface area (Å²) in [6.07, 6.45) is 1.84. The zero-order chi connectivity index (χ0) is 22.0. The molecule has 2 aromatic heterocycles. The number of hydrogen-bond donors (Lipinski definition) is 3. The zero-order valence-corrected chi connectivity index (χ0v) is 18.3. The highest BCUT2D eigenvalue weighted by Crippen LogP contribution is 2.36. The van der Waals surface area contributed by atoms with Crippen molar-refractivity contribution < 1.29 is 13.9 Å². The summed E-state index contributed by atoms with van der Waals surface area (Å²) < 4.78 is 19.9. The van der Waals surface area contributed by atoms with Gasteiger partial charge in [0.05, 0.1) is 18.2 Å². The smallest absolute Gasteiger partial charge is 0.359 e. The van der Waals surface area contributed by atoms with Gasteiger partial charge in [-0.15, -0.1) is 11.8 Å². The molecule has 4 rings (SSSR count). The van der Waals surface area contributed by atoms with Gasteiger partial charge < -0.3 is 15.0 Å². The molecule has 0 fully saturated rings. The predicted molar refractivity (Wildman–Crippen MR) is 120 cm³/mol. The molecule has 160 valence electrons. The molecule has 2 aromatic carbocycles. The average Bonchev–Trinajstić information content (AvgIpc) is 3.39. The largest absolute Gasteiger partial charge is 0.461 e. The van der Waals surface area contributed by atoms with Crippen molar-refractivity contribution in [3.05, 3.63) is 58.8 Å². The molecule has 0 aliphatic rings. The number of anilines is 1. The van der Waals surface area contributed by atoms with Gasteiger partial charge in [0, 0.05) is 10.9 Å². The molecule has 0 unspecified atom stereocenters. The quantitative estimate of drug-likeness (QED) is 0.258. The van der Waals surface area contributed by atoms with Crippen LogP contribution in [0.25, 0.3) is 22.0 Å². The zero-order valence-electron chi connectivity index (χ0n) is 16.8. The molecule has 0 saturated heterocycles. The monoisotopic (exact) mass is 459 g/mol. The van der Waals surface area contributed by atoms with Gasteiger partial charge in [0.1, 0.15) is 16.4 Å². The fraction of sp³-hybridized carbons (Fsp3) is 0.190. The first kappa shape index (κ1) is 21.2. The van der Waals surface area contributed by atoms with Crippen LogP contribution in [0, 0.1) is 5.82 Å². The van der Waals surface area contributed by atoms with E-state index in [0.29, 0.717) is 27.6 Å². The van der Waals surface area contributed by atoms with Crippen LogP contribution in [0.3, 0.4) is 0 Å². The predicted octanol–water partition coefficient (Wildman–Crippen LogP) is 5.26. The van der Waals surface area contributed by atoms with Crippen molar-refractivity contribution in [1.29, 1.82) is 0 Å². The molecule has 0 atom stereocenters. The second-order valence-corrected chi connectivity index (χ2v) is 7.75. The molecule has 10 heteroatoms. The topological polar surface area (TPSA) is 95.7 Å². The van der Waals surface area contributed by atoms with E-state index in [0.717, 1.165) is 5.56 Å². The molecule has 0 bridgehead atoms. The van der Waals surface area contributed by atoms with Gasteiger partial charge in [-0.25, -0.2) is 14.2 Å². The first-order valence-corrected chi connectivity index (χ1v) is 11.1. The maximum Gasteiger partial charge on any atom is 0.359 e. The van der Waals surface area contributed by atoms with Gasteiger partial charge in [-0.1, -0.05) is 41.9 Å². The normalized spacial score (nSPS) is 11.1. The summed E-state index contributed by atoms with van der Waals surface area (Å²) in [6, 6.07) is 11.1. The Morgan fingerprint density at radius 3 is 2.81 bits per heavy atom. The lowest BCUT2D eigenvalue weighted by molar-refractivity contribution is 0.0515. The average molecular weight is 460 g/mol. The van der Waals surface area contributed by atoms with Gasteiger partial charge in [-0.2, -0.15) is 5.10 Å². The highest BCUT2D eigenvalue weighted by molar-refractivity contribution is 7.98. The minimum absolute atomic E-state index is 0.0311. The second-order valence-electron chi connectivity index (χ2n) is 6.55. The van der Waals surface area contributed by atoms with Gasteiger partial charge in [0.2, 0.25) is 0 Å². The number of H-pyrrole nitrogens is 2. The summed E-state index contributed by atoms with van der Waals surface area (Å²) in [7, 11) is 0. The van der Waals surface area contributed by atoms with Crippen molar-refractivity contribution in [2.75, 3.05) is 18.2 Å². The molecule has 0 amide bonds. The second kappa shape index (κ2) is 8.99. The van der Waals surface area contributed by atoms with Gasteiger partial charge in [0.25, 0.3) is 0 Å². The molecular weight excluding hydrogens is 441 g/mol. The maximum atomic E-state index is 14.9. The third kappa shape index (κ3) is 4.11. The molecule has 0 aliphatic heterocycles. The van der Waals surface area contributed by atoms with Crippen LogP contribution in [0.1, 0.15) is 23.2 Å². The lowest BCUT2D eigenvalue weighted by atomic mass is 10.0. The van der Waals surface area contributed by atoms with E-state index in [2.05, 4.69) is 25.5 Å². The lowest BCUT2D eigenvalue weighted by Gasteiger charge is -2.07. The van der Waals surface area contributed by atoms with Crippen LogP contribution in [-0.4, -0.2) is 39.0 Å². The van der Waals surface area contributed by atoms with Crippen molar-refractivity contribution in [2.45, 2.75) is 18.5 Å². The number of carbonyl (C=O) groups excluding carboxylic acids is 1. The lowest BCUT2D eigenvalue weighted by Crippen LogP contribution is -2.07. The Hall–Kier alpha value is -3.04. The standard InChI is InChI=1S/C21H19ClFN5O2S/c1-3-30-21(29)18-20(31-2)26-14(25-18)10-24-19-13-9-12(11-7-5-4-6-8-11)15(22)16(23)17(13)27-28-19/h4-9H,3,10H2,1-2H3,(H,25,26)(H2,24,27,28). The number of halogens is 2. The van der Waals surface area contributed by atoms with E-state index >= 15 is 0 Å². The van der Waals surface area contributed by atoms with Crippen LogP contribution in [0.15, 0.2) is 41.4 Å². The van der Waals surface area contributed by atoms with E-state index in [1.54, 1.807) is 13.0 Å². The summed E-state index contributed by atoms with van der Waals surface area (Å²) in [6.45, 7) is 2.26. The first-order valence-electron chi connectivity index (χ1n) is 9.48. The summed E-state index contributed by atoms with van der Waals surface area (Å²) in [5, 5.41) is 11.2. The maximum absolute atomic E-state index is 14.9. The van der Waals surface area contributed by atoms with Gasteiger partial charge in [-0.05, 0) is 24.8 Å². The molecule has 0 spiro atoms. The number of nitrogens with one attached hydrogen (secondary N) is 3. The number of imidazole rings is 1. The third-order valence-electron chi connectivity index (χ3n) is 4.64. The molecule has 2 heterocycles. The molecule has 31 heavy (non-hydrogen) atoms. The highest BCUT2D eigenvalue weighted by atomic mass is 35.5. The SMILES string of the molecule is CCOC(=O)c1nc(CNc2n[nH]c3c(F)c(Cl)c(-c4ccccc4)cc23)[nH]c1SC. The molecule has 7 nitrogen and oxygen atoms in total. The number of rotatable bonds is 7. The van der Waals surface area contributed by atoms with Crippen LogP contribution in [0.4, 0.5) is 10.2 Å². The van der Waals surface area contributed by atoms with Crippen LogP contribution in [-0.2, 0) is 11.3 Å². The molecule has 0 aliphatic carbocycles. The van der Waals surface area contributed by atoms with E-state index in [4.69, 9.17) is 16.3 Å². The van der Waals surface area contributed by atoms with Crippen molar-refractivity contribution in [3.8, 4) is 11.1 Å². The number of fused-ring (bicyclic) bond motifs is 1. The summed E-state index contributed by atoms with van der Waals surface area (Å²) >= 11 is 7.64. The van der Waals surface area contributed by atoms with Crippen molar-refractivity contribution in [1.82, 2.24) is 20.2 Å². The van der Waals surface area contributed by atoms with E-state index in [1.165, 1.54) is 11.8 Å². The molecule has 4 aromatic rings. The summed E-state index contributed by atoms with van der Waals surface area (Å²) in [4.78, 5) is 19.5. The fourth-order valence-electron chi connectivity index (χ4n) is 3.20. The minimum atomic E-state index is -0.564. The van der Waals surface area contributed by atoms with Crippen LogP contribution >= 0.6 is 23.4 Å². The molecule has 0 radical (unpaired) electrons. The van der Waals surface area contributed by atoms with E-state index in [-0.39, 0.29) is 29.4 Å². The van der Waals surface area contributed by atoms with Crippen molar-refractivity contribution in [3.63, 3.8) is 0 Å². The number of ether oxygens (including phenoxy) is 1. The van der Waals surface area contributed by atoms with Crippen LogP contribution < -0.4 is 5.32 Å². The van der Waals surface area contributed by atoms with Crippen LogP contribution in [0.5, 0.6) is 0 Å². The number of carbonyl (C=O) groups is 1. The number of aromatic nitrogens is 4. The van der Waals surface area contributed by atoms with Crippen LogP contribution in [0.2, 0.25) is 5.02 Å². The Kier molecular flexibility index (Phi) is 6.15. The minimum Gasteiger partial charge on any atom is -0.461 e. The number of thioether (sulfide) groups is 1. The molecule has 3 N–H and O–H groups in total. The van der Waals surface area contributed by atoms with Crippen molar-refractivity contribution in [2.24, 2.45) is 0 Å². The molecule has 0 saturated carbocycles. The number of esters is 1. The van der Waals surface area contributed by atoms with Gasteiger partial charge in [-0.3, -0.25) is 5.10 Å². The Morgan fingerprint density at radius 2 is 2.10 bits per heavy atom. The third-order valence-corrected chi connectivity index (χ3v) is 5.72. The fourth-order valence-corrected chi connectivity index (χ4v) is 4.00. The Morgan fingerprint density at radius 1 is 1.32 bits per heavy atom. The number of benzene rings is 2. The summed E-state index contributed by atoms with van der Waals surface area (Å²) in [5.74, 6) is -0.0709. The Bertz CT molecular complexity index is 1240. The van der Waals surface area contributed by atoms with E-state index < -0.39 is 11.8 Å². The number of aromatic amines is 2. The van der Waals surface area contributed by atoms with Gasteiger partial charge in [0.15, 0.2) is 17.3 Å². The Balaban J connectivity index is 1.64. The van der Waals surface area contributed by atoms with E-state index in [9.17, 15) is 9.18 Å². The van der Waals surface area contributed by atoms with Crippen molar-refractivity contribution >= 4 is 46.1 Å².